The van der Waals surface area contributed by atoms with Gasteiger partial charge in [0.2, 0.25) is 0 Å². The van der Waals surface area contributed by atoms with E-state index in [0.29, 0.717) is 13.2 Å². The van der Waals surface area contributed by atoms with Gasteiger partial charge in [0.25, 0.3) is 0 Å². The molecule has 0 fully saturated rings. The standard InChI is InChI=1S/C31H58O3Si4/c1-11-37(12-2,13-3)29-27-35(7,8)25-21-17-19-23-33-31(32)34-24-20-18-22-26-36(9,10)28-30-38(14-4,15-5)16-6/h11-16H,1-6,17-30H2,7-10H3. The molecule has 216 valence electrons. The van der Waals surface area contributed by atoms with Crippen molar-refractivity contribution >= 4 is 38.5 Å². The molecule has 0 rings (SSSR count). The summed E-state index contributed by atoms with van der Waals surface area (Å²) in [5.41, 5.74) is 12.6. The Morgan fingerprint density at radius 2 is 0.816 bits per heavy atom. The second-order valence-electron chi connectivity index (χ2n) is 12.3. The van der Waals surface area contributed by atoms with E-state index in [-0.39, 0.29) is 0 Å². The van der Waals surface area contributed by atoms with Crippen LogP contribution >= 0.6 is 0 Å². The molecule has 0 aliphatic rings. The van der Waals surface area contributed by atoms with Crippen LogP contribution in [-0.4, -0.2) is 51.7 Å². The smallest absolute Gasteiger partial charge is 0.434 e. The Labute approximate surface area is 239 Å². The fourth-order valence-corrected chi connectivity index (χ4v) is 18.6. The Morgan fingerprint density at radius 3 is 1.11 bits per heavy atom. The van der Waals surface area contributed by atoms with E-state index in [9.17, 15) is 4.79 Å². The summed E-state index contributed by atoms with van der Waals surface area (Å²) < 4.78 is 10.6. The van der Waals surface area contributed by atoms with Crippen LogP contribution in [0.15, 0.2) is 73.7 Å². The summed E-state index contributed by atoms with van der Waals surface area (Å²) in [5, 5.41) is 0. The van der Waals surface area contributed by atoms with Gasteiger partial charge in [0.15, 0.2) is 0 Å². The van der Waals surface area contributed by atoms with E-state index in [1.807, 2.05) is 0 Å². The summed E-state index contributed by atoms with van der Waals surface area (Å²) >= 11 is 0. The van der Waals surface area contributed by atoms with Crippen molar-refractivity contribution in [3.63, 3.8) is 0 Å². The number of carbonyl (C=O) groups is 1. The average molecular weight is 591 g/mol. The summed E-state index contributed by atoms with van der Waals surface area (Å²) in [7, 11) is -5.89. The number of ether oxygens (including phenoxy) is 2. The van der Waals surface area contributed by atoms with Crippen LogP contribution in [0.5, 0.6) is 0 Å². The molecule has 0 N–H and O–H groups in total. The first kappa shape index (κ1) is 36.6. The topological polar surface area (TPSA) is 35.5 Å². The number of rotatable bonds is 24. The predicted octanol–water partition coefficient (Wildman–Crippen LogP) is 10.1. The molecular weight excluding hydrogens is 533 g/mol. The van der Waals surface area contributed by atoms with E-state index < -0.39 is 38.5 Å². The zero-order valence-corrected chi connectivity index (χ0v) is 29.3. The van der Waals surface area contributed by atoms with Crippen LogP contribution in [0.3, 0.4) is 0 Å². The molecule has 0 heterocycles. The number of hydrogen-bond donors (Lipinski definition) is 0. The summed E-state index contributed by atoms with van der Waals surface area (Å²) in [6.07, 6.45) is 5.85. The Bertz CT molecular complexity index is 668. The van der Waals surface area contributed by atoms with E-state index >= 15 is 0 Å². The lowest BCUT2D eigenvalue weighted by molar-refractivity contribution is 0.0530. The summed E-state index contributed by atoms with van der Waals surface area (Å²) in [4.78, 5) is 11.9. The molecular formula is C31H58O3Si4. The molecule has 0 unspecified atom stereocenters. The first-order valence-corrected chi connectivity index (χ1v) is 26.2. The maximum atomic E-state index is 11.9. The molecule has 0 amide bonds. The van der Waals surface area contributed by atoms with Crippen molar-refractivity contribution in [1.82, 2.24) is 0 Å². The summed E-state index contributed by atoms with van der Waals surface area (Å²) in [6.45, 7) is 34.9. The average Bonchev–Trinajstić information content (AvgIpc) is 2.90. The molecule has 0 saturated carbocycles. The summed E-state index contributed by atoms with van der Waals surface area (Å²) in [5.74, 6) is 0. The fraction of sp³-hybridized carbons (Fsp3) is 0.581. The van der Waals surface area contributed by atoms with Crippen molar-refractivity contribution in [2.45, 2.75) is 101 Å². The minimum Gasteiger partial charge on any atom is -0.434 e. The van der Waals surface area contributed by atoms with E-state index in [1.54, 1.807) is 0 Å². The van der Waals surface area contributed by atoms with Crippen LogP contribution in [0.1, 0.15) is 38.5 Å². The van der Waals surface area contributed by atoms with Gasteiger partial charge in [0.05, 0.1) is 13.2 Å². The minimum absolute atomic E-state index is 0.449. The van der Waals surface area contributed by atoms with Gasteiger partial charge in [-0.1, -0.05) is 110 Å². The Hall–Kier alpha value is -1.42. The molecule has 0 aliphatic heterocycles. The normalized spacial score (nSPS) is 12.3. The van der Waals surface area contributed by atoms with Gasteiger partial charge in [-0.3, -0.25) is 0 Å². The van der Waals surface area contributed by atoms with Crippen molar-refractivity contribution in [3.05, 3.63) is 73.7 Å². The Morgan fingerprint density at radius 1 is 0.500 bits per heavy atom. The Kier molecular flexibility index (Phi) is 18.1. The molecule has 0 aromatic carbocycles. The molecule has 0 radical (unpaired) electrons. The monoisotopic (exact) mass is 590 g/mol. The molecule has 0 aromatic rings. The van der Waals surface area contributed by atoms with Crippen LogP contribution in [0.4, 0.5) is 4.79 Å². The molecule has 3 nitrogen and oxygen atoms in total. The van der Waals surface area contributed by atoms with Gasteiger partial charge in [-0.05, 0) is 24.9 Å². The van der Waals surface area contributed by atoms with Crippen molar-refractivity contribution in [2.75, 3.05) is 13.2 Å². The second kappa shape index (κ2) is 18.8. The van der Waals surface area contributed by atoms with Gasteiger partial charge >= 0.3 is 6.16 Å². The molecule has 7 heteroatoms. The summed E-state index contributed by atoms with van der Waals surface area (Å²) in [6, 6.07) is 7.53. The lowest BCUT2D eigenvalue weighted by atomic mass is 10.3. The van der Waals surface area contributed by atoms with Crippen LogP contribution in [0, 0.1) is 0 Å². The first-order valence-electron chi connectivity index (χ1n) is 14.5. The van der Waals surface area contributed by atoms with Gasteiger partial charge in [-0.2, -0.15) is 0 Å². The van der Waals surface area contributed by atoms with Gasteiger partial charge in [-0.15, -0.1) is 39.5 Å². The fourth-order valence-electron chi connectivity index (χ4n) is 4.59. The highest BCUT2D eigenvalue weighted by Gasteiger charge is 2.28. The lowest BCUT2D eigenvalue weighted by Crippen LogP contribution is -2.33. The van der Waals surface area contributed by atoms with E-state index in [0.717, 1.165) is 25.7 Å². The van der Waals surface area contributed by atoms with E-state index in [2.05, 4.69) is 99.9 Å². The molecule has 0 aromatic heterocycles. The zero-order chi connectivity index (χ0) is 29.1. The maximum absolute atomic E-state index is 11.9. The number of hydrogen-bond acceptors (Lipinski definition) is 3. The highest BCUT2D eigenvalue weighted by Crippen LogP contribution is 2.28. The molecule has 0 atom stereocenters. The highest BCUT2D eigenvalue weighted by molar-refractivity contribution is 6.95. The Balaban J connectivity index is 3.94. The van der Waals surface area contributed by atoms with E-state index in [1.165, 1.54) is 49.1 Å². The third kappa shape index (κ3) is 15.2. The first-order chi connectivity index (χ1) is 17.9. The molecule has 0 bridgehead atoms. The van der Waals surface area contributed by atoms with Gasteiger partial charge in [0, 0.05) is 16.1 Å². The largest absolute Gasteiger partial charge is 0.508 e. The molecule has 38 heavy (non-hydrogen) atoms. The van der Waals surface area contributed by atoms with Crippen molar-refractivity contribution < 1.29 is 14.3 Å². The van der Waals surface area contributed by atoms with E-state index in [4.69, 9.17) is 9.47 Å². The third-order valence-electron chi connectivity index (χ3n) is 8.19. The van der Waals surface area contributed by atoms with Crippen molar-refractivity contribution in [3.8, 4) is 0 Å². The predicted molar refractivity (Wildman–Crippen MR) is 181 cm³/mol. The van der Waals surface area contributed by atoms with Gasteiger partial charge in [-0.25, -0.2) is 4.79 Å². The molecule has 0 aliphatic carbocycles. The quantitative estimate of drug-likeness (QED) is 0.0637. The number of carbonyl (C=O) groups excluding carboxylic acids is 1. The number of unbranched alkanes of at least 4 members (excludes halogenated alkanes) is 4. The second-order valence-corrected chi connectivity index (χ2v) is 30.9. The molecule has 0 saturated heterocycles. The highest BCUT2D eigenvalue weighted by atomic mass is 28.3. The van der Waals surface area contributed by atoms with Gasteiger partial charge < -0.3 is 9.47 Å². The van der Waals surface area contributed by atoms with Crippen LogP contribution in [0.2, 0.25) is 62.5 Å². The van der Waals surface area contributed by atoms with Crippen LogP contribution in [0.25, 0.3) is 0 Å². The minimum atomic E-state index is -1.69. The van der Waals surface area contributed by atoms with Crippen molar-refractivity contribution in [2.24, 2.45) is 0 Å². The van der Waals surface area contributed by atoms with Crippen molar-refractivity contribution in [1.29, 1.82) is 0 Å². The molecule has 0 spiro atoms. The zero-order valence-electron chi connectivity index (χ0n) is 25.3. The lowest BCUT2D eigenvalue weighted by Gasteiger charge is -2.27. The van der Waals surface area contributed by atoms with Crippen LogP contribution in [-0.2, 0) is 9.47 Å². The third-order valence-corrected chi connectivity index (χ3v) is 22.6. The SMILES string of the molecule is C=C[Si](C=C)(C=C)CC[Si](C)(C)CCCCCOC(=O)OCCCCC[Si](C)(C)CC[Si](C=C)(C=C)C=C. The van der Waals surface area contributed by atoms with Crippen LogP contribution < -0.4 is 0 Å². The van der Waals surface area contributed by atoms with Gasteiger partial charge in [0.1, 0.15) is 16.1 Å². The maximum Gasteiger partial charge on any atom is 0.508 e.